The zero-order chi connectivity index (χ0) is 32.7. The quantitative estimate of drug-likeness (QED) is 0.0757. The van der Waals surface area contributed by atoms with E-state index in [9.17, 15) is 25.5 Å². The normalized spacial score (nSPS) is 11.8. The van der Waals surface area contributed by atoms with E-state index in [4.69, 9.17) is 4.42 Å². The SMILES string of the molecule is Oc1c(O)c(O)c(-c2c3ccccc3c(-c3cc(-c4cccc5oc6ccccc6c45)cc4ccccc34)c3ccccc23)c(O)c1O. The highest BCUT2D eigenvalue weighted by atomic mass is 16.4. The predicted octanol–water partition coefficient (Wildman–Crippen LogP) is 10.6. The lowest BCUT2D eigenvalue weighted by Gasteiger charge is -2.21. The van der Waals surface area contributed by atoms with E-state index in [1.54, 1.807) is 0 Å². The van der Waals surface area contributed by atoms with Gasteiger partial charge in [-0.05, 0) is 78.8 Å². The standard InChI is InChI=1S/C42H26O6/c43-38-37(39(44)41(46)42(47)40(38)45)36-28-14-5-3-12-26(28)34(27-13-4-6-15-29(27)36)31-21-23(20-22-10-1-2-11-24(22)31)25-17-9-19-33-35(25)30-16-7-8-18-32(30)48-33/h1-21,43-47H. The third kappa shape index (κ3) is 3.80. The molecule has 9 aromatic rings. The fourth-order valence-electron chi connectivity index (χ4n) is 7.30. The van der Waals surface area contributed by atoms with Crippen molar-refractivity contribution in [3.63, 3.8) is 0 Å². The molecule has 1 heterocycles. The highest BCUT2D eigenvalue weighted by molar-refractivity contribution is 6.25. The molecule has 48 heavy (non-hydrogen) atoms. The summed E-state index contributed by atoms with van der Waals surface area (Å²) in [4.78, 5) is 0. The highest BCUT2D eigenvalue weighted by Crippen LogP contribution is 2.58. The Morgan fingerprint density at radius 1 is 0.354 bits per heavy atom. The molecule has 0 bridgehead atoms. The Kier molecular flexibility index (Phi) is 5.86. The second-order valence-electron chi connectivity index (χ2n) is 12.0. The first kappa shape index (κ1) is 27.6. The molecule has 0 amide bonds. The van der Waals surface area contributed by atoms with Gasteiger partial charge in [-0.1, -0.05) is 103 Å². The lowest BCUT2D eigenvalue weighted by atomic mass is 9.83. The van der Waals surface area contributed by atoms with Crippen LogP contribution in [0, 0.1) is 0 Å². The summed E-state index contributed by atoms with van der Waals surface area (Å²) in [6.45, 7) is 0. The van der Waals surface area contributed by atoms with Crippen molar-refractivity contribution in [3.05, 3.63) is 127 Å². The van der Waals surface area contributed by atoms with E-state index >= 15 is 0 Å². The second kappa shape index (κ2) is 10.2. The van der Waals surface area contributed by atoms with Gasteiger partial charge in [0.2, 0.25) is 17.2 Å². The molecule has 0 spiro atoms. The van der Waals surface area contributed by atoms with Crippen LogP contribution in [0.15, 0.2) is 132 Å². The predicted molar refractivity (Wildman–Crippen MR) is 191 cm³/mol. The molecule has 0 aliphatic heterocycles. The molecule has 6 nitrogen and oxygen atoms in total. The Morgan fingerprint density at radius 2 is 0.854 bits per heavy atom. The third-order valence-corrected chi connectivity index (χ3v) is 9.40. The molecule has 0 fully saturated rings. The molecule has 0 saturated heterocycles. The van der Waals surface area contributed by atoms with Crippen molar-refractivity contribution in [1.82, 2.24) is 0 Å². The third-order valence-electron chi connectivity index (χ3n) is 9.40. The van der Waals surface area contributed by atoms with Gasteiger partial charge < -0.3 is 29.9 Å². The monoisotopic (exact) mass is 626 g/mol. The van der Waals surface area contributed by atoms with Gasteiger partial charge in [-0.25, -0.2) is 0 Å². The van der Waals surface area contributed by atoms with Gasteiger partial charge in [-0.15, -0.1) is 0 Å². The Hall–Kier alpha value is -6.66. The van der Waals surface area contributed by atoms with Crippen molar-refractivity contribution in [2.45, 2.75) is 0 Å². The van der Waals surface area contributed by atoms with Gasteiger partial charge in [0.15, 0.2) is 11.5 Å². The summed E-state index contributed by atoms with van der Waals surface area (Å²) in [5, 5.41) is 60.6. The van der Waals surface area contributed by atoms with Crippen molar-refractivity contribution in [1.29, 1.82) is 0 Å². The summed E-state index contributed by atoms with van der Waals surface area (Å²) < 4.78 is 6.24. The Bertz CT molecular complexity index is 2710. The van der Waals surface area contributed by atoms with Crippen molar-refractivity contribution in [3.8, 4) is 62.1 Å². The molecule has 8 aromatic carbocycles. The topological polar surface area (TPSA) is 114 Å². The minimum Gasteiger partial charge on any atom is -0.504 e. The second-order valence-corrected chi connectivity index (χ2v) is 12.0. The molecule has 0 atom stereocenters. The summed E-state index contributed by atoms with van der Waals surface area (Å²) in [5.74, 6) is -4.31. The summed E-state index contributed by atoms with van der Waals surface area (Å²) >= 11 is 0. The molecule has 0 unspecified atom stereocenters. The smallest absolute Gasteiger partial charge is 0.208 e. The van der Waals surface area contributed by atoms with Gasteiger partial charge in [0.05, 0.1) is 5.56 Å². The van der Waals surface area contributed by atoms with Crippen molar-refractivity contribution in [2.24, 2.45) is 0 Å². The first-order chi connectivity index (χ1) is 23.4. The van der Waals surface area contributed by atoms with E-state index in [0.29, 0.717) is 16.3 Å². The van der Waals surface area contributed by atoms with E-state index < -0.39 is 28.7 Å². The average Bonchev–Trinajstić information content (AvgIpc) is 3.51. The summed E-state index contributed by atoms with van der Waals surface area (Å²) in [7, 11) is 0. The van der Waals surface area contributed by atoms with Crippen LogP contribution in [0.3, 0.4) is 0 Å². The zero-order valence-corrected chi connectivity index (χ0v) is 25.3. The van der Waals surface area contributed by atoms with Crippen LogP contribution in [0.2, 0.25) is 0 Å². The number of fused-ring (bicyclic) bond motifs is 6. The molecule has 9 rings (SSSR count). The van der Waals surface area contributed by atoms with Crippen LogP contribution in [0.4, 0.5) is 0 Å². The number of phenolic OH excluding ortho intramolecular Hbond substituents is 5. The molecule has 5 N–H and O–H groups in total. The number of rotatable bonds is 3. The van der Waals surface area contributed by atoms with Gasteiger partial charge in [0, 0.05) is 16.3 Å². The van der Waals surface area contributed by atoms with E-state index in [1.165, 1.54) is 0 Å². The molecule has 6 heteroatoms. The molecule has 0 aliphatic rings. The molecule has 230 valence electrons. The number of benzene rings is 8. The lowest BCUT2D eigenvalue weighted by molar-refractivity contribution is 0.330. The zero-order valence-electron chi connectivity index (χ0n) is 25.3. The van der Waals surface area contributed by atoms with E-state index in [0.717, 1.165) is 65.7 Å². The largest absolute Gasteiger partial charge is 0.504 e. The number of para-hydroxylation sites is 1. The van der Waals surface area contributed by atoms with Crippen LogP contribution < -0.4 is 0 Å². The maximum Gasteiger partial charge on any atom is 0.208 e. The van der Waals surface area contributed by atoms with Crippen LogP contribution in [0.1, 0.15) is 0 Å². The molecule has 0 aliphatic carbocycles. The Balaban J connectivity index is 1.43. The van der Waals surface area contributed by atoms with Crippen molar-refractivity contribution in [2.75, 3.05) is 0 Å². The van der Waals surface area contributed by atoms with Crippen LogP contribution in [-0.2, 0) is 0 Å². The highest BCUT2D eigenvalue weighted by Gasteiger charge is 2.28. The molecule has 0 radical (unpaired) electrons. The Labute approximate surface area is 273 Å². The van der Waals surface area contributed by atoms with Gasteiger partial charge >= 0.3 is 0 Å². The lowest BCUT2D eigenvalue weighted by Crippen LogP contribution is -1.93. The number of phenols is 5. The number of hydrogen-bond acceptors (Lipinski definition) is 6. The average molecular weight is 627 g/mol. The number of hydrogen-bond donors (Lipinski definition) is 5. The maximum atomic E-state index is 11.1. The Morgan fingerprint density at radius 3 is 1.50 bits per heavy atom. The van der Waals surface area contributed by atoms with Crippen molar-refractivity contribution < 1.29 is 29.9 Å². The van der Waals surface area contributed by atoms with Crippen LogP contribution in [0.25, 0.3) is 87.6 Å². The van der Waals surface area contributed by atoms with E-state index in [-0.39, 0.29) is 5.56 Å². The van der Waals surface area contributed by atoms with Gasteiger partial charge in [-0.2, -0.15) is 0 Å². The fraction of sp³-hybridized carbons (Fsp3) is 0. The summed E-state index contributed by atoms with van der Waals surface area (Å²) in [6, 6.07) is 42.1. The van der Waals surface area contributed by atoms with Gasteiger partial charge in [-0.3, -0.25) is 0 Å². The molecule has 0 saturated carbocycles. The van der Waals surface area contributed by atoms with Gasteiger partial charge in [0.1, 0.15) is 11.2 Å². The van der Waals surface area contributed by atoms with E-state index in [1.807, 2.05) is 91.0 Å². The minimum atomic E-state index is -0.998. The fourth-order valence-corrected chi connectivity index (χ4v) is 7.30. The molecular weight excluding hydrogens is 600 g/mol. The van der Waals surface area contributed by atoms with Crippen molar-refractivity contribution >= 4 is 54.3 Å². The molecule has 1 aromatic heterocycles. The van der Waals surface area contributed by atoms with Crippen LogP contribution in [-0.4, -0.2) is 25.5 Å². The first-order valence-electron chi connectivity index (χ1n) is 15.5. The number of aromatic hydroxyl groups is 5. The summed E-state index contributed by atoms with van der Waals surface area (Å²) in [6.07, 6.45) is 0. The maximum absolute atomic E-state index is 11.1. The molecular formula is C42H26O6. The first-order valence-corrected chi connectivity index (χ1v) is 15.5. The van der Waals surface area contributed by atoms with Crippen LogP contribution in [0.5, 0.6) is 28.7 Å². The summed E-state index contributed by atoms with van der Waals surface area (Å²) in [5.41, 5.74) is 5.84. The number of furan rings is 1. The van der Waals surface area contributed by atoms with E-state index in [2.05, 4.69) is 36.4 Å². The van der Waals surface area contributed by atoms with Gasteiger partial charge in [0.25, 0.3) is 0 Å². The minimum absolute atomic E-state index is 0.182. The van der Waals surface area contributed by atoms with Crippen LogP contribution >= 0.6 is 0 Å².